The van der Waals surface area contributed by atoms with Crippen molar-refractivity contribution in [3.05, 3.63) is 24.2 Å². The van der Waals surface area contributed by atoms with Crippen molar-refractivity contribution in [2.24, 2.45) is 4.99 Å². The van der Waals surface area contributed by atoms with Gasteiger partial charge < -0.3 is 15.1 Å². The van der Waals surface area contributed by atoms with Crippen molar-refractivity contribution in [3.63, 3.8) is 0 Å². The maximum absolute atomic E-state index is 5.33. The molecular weight excluding hydrogens is 276 g/mol. The van der Waals surface area contributed by atoms with Gasteiger partial charge in [-0.15, -0.1) is 0 Å². The quantitative estimate of drug-likeness (QED) is 0.626. The molecule has 0 amide bonds. The maximum atomic E-state index is 5.33. The topological polar surface area (TPSA) is 52.8 Å². The van der Waals surface area contributed by atoms with Crippen molar-refractivity contribution in [1.29, 1.82) is 0 Å². The molecular formula is C17H30N4O. The number of likely N-dealkylation sites (tertiary alicyclic amines) is 1. The fourth-order valence-corrected chi connectivity index (χ4v) is 2.81. The van der Waals surface area contributed by atoms with Gasteiger partial charge in [0.25, 0.3) is 0 Å². The van der Waals surface area contributed by atoms with E-state index in [0.717, 1.165) is 24.8 Å². The van der Waals surface area contributed by atoms with Crippen LogP contribution in [0.15, 0.2) is 27.8 Å². The zero-order valence-electron chi connectivity index (χ0n) is 14.2. The Kier molecular flexibility index (Phi) is 6.31. The SMILES string of the molecule is CCNC(=NCc1ccco1)NCC(C)(C)N1CCCCC1. The molecule has 1 aliphatic heterocycles. The van der Waals surface area contributed by atoms with E-state index in [1.165, 1.54) is 32.4 Å². The largest absolute Gasteiger partial charge is 0.467 e. The summed E-state index contributed by atoms with van der Waals surface area (Å²) >= 11 is 0. The van der Waals surface area contributed by atoms with E-state index in [2.05, 4.69) is 41.3 Å². The summed E-state index contributed by atoms with van der Waals surface area (Å²) in [7, 11) is 0. The third-order valence-corrected chi connectivity index (χ3v) is 4.22. The van der Waals surface area contributed by atoms with E-state index in [-0.39, 0.29) is 5.54 Å². The first-order valence-corrected chi connectivity index (χ1v) is 8.41. The van der Waals surface area contributed by atoms with Crippen molar-refractivity contribution in [1.82, 2.24) is 15.5 Å². The van der Waals surface area contributed by atoms with Gasteiger partial charge in [0.1, 0.15) is 12.3 Å². The van der Waals surface area contributed by atoms with Crippen LogP contribution in [-0.2, 0) is 6.54 Å². The molecule has 1 fully saturated rings. The van der Waals surface area contributed by atoms with Gasteiger partial charge in [-0.2, -0.15) is 0 Å². The first-order chi connectivity index (χ1) is 10.6. The van der Waals surface area contributed by atoms with Crippen LogP contribution in [0.1, 0.15) is 45.8 Å². The van der Waals surface area contributed by atoms with E-state index in [1.807, 2.05) is 12.1 Å². The van der Waals surface area contributed by atoms with Crippen LogP contribution in [0.5, 0.6) is 0 Å². The third-order valence-electron chi connectivity index (χ3n) is 4.22. The number of hydrogen-bond donors (Lipinski definition) is 2. The minimum atomic E-state index is 0.140. The molecule has 0 spiro atoms. The molecule has 5 heteroatoms. The van der Waals surface area contributed by atoms with Crippen LogP contribution in [0.2, 0.25) is 0 Å². The molecule has 22 heavy (non-hydrogen) atoms. The minimum absolute atomic E-state index is 0.140. The van der Waals surface area contributed by atoms with E-state index in [1.54, 1.807) is 6.26 Å². The summed E-state index contributed by atoms with van der Waals surface area (Å²) in [6.45, 7) is 11.4. The number of rotatable bonds is 6. The van der Waals surface area contributed by atoms with Crippen LogP contribution in [0.4, 0.5) is 0 Å². The number of nitrogens with zero attached hydrogens (tertiary/aromatic N) is 2. The van der Waals surface area contributed by atoms with Crippen molar-refractivity contribution in [3.8, 4) is 0 Å². The van der Waals surface area contributed by atoms with Gasteiger partial charge >= 0.3 is 0 Å². The lowest BCUT2D eigenvalue weighted by molar-refractivity contribution is 0.0982. The first kappa shape index (κ1) is 16.9. The number of aliphatic imine (C=N–C) groups is 1. The molecule has 0 aromatic carbocycles. The lowest BCUT2D eigenvalue weighted by Gasteiger charge is -2.41. The average Bonchev–Trinajstić information content (AvgIpc) is 3.04. The van der Waals surface area contributed by atoms with Crippen LogP contribution < -0.4 is 10.6 Å². The first-order valence-electron chi connectivity index (χ1n) is 8.41. The summed E-state index contributed by atoms with van der Waals surface area (Å²) in [5.74, 6) is 1.73. The van der Waals surface area contributed by atoms with Gasteiger partial charge in [-0.05, 0) is 58.8 Å². The van der Waals surface area contributed by atoms with E-state index in [0.29, 0.717) is 6.54 Å². The van der Waals surface area contributed by atoms with Crippen LogP contribution in [0, 0.1) is 0 Å². The molecule has 2 rings (SSSR count). The highest BCUT2D eigenvalue weighted by Crippen LogP contribution is 2.19. The smallest absolute Gasteiger partial charge is 0.191 e. The lowest BCUT2D eigenvalue weighted by atomic mass is 9.98. The second-order valence-corrected chi connectivity index (χ2v) is 6.49. The Morgan fingerprint density at radius 2 is 2.05 bits per heavy atom. The standard InChI is InChI=1S/C17H30N4O/c1-4-18-16(19-13-15-9-8-12-22-15)20-14-17(2,3)21-10-6-5-7-11-21/h8-9,12H,4-7,10-11,13-14H2,1-3H3,(H2,18,19,20). The Hall–Kier alpha value is -1.49. The summed E-state index contributed by atoms with van der Waals surface area (Å²) < 4.78 is 5.33. The highest BCUT2D eigenvalue weighted by molar-refractivity contribution is 5.79. The fourth-order valence-electron chi connectivity index (χ4n) is 2.81. The van der Waals surface area contributed by atoms with Gasteiger partial charge in [-0.3, -0.25) is 4.90 Å². The van der Waals surface area contributed by atoms with E-state index in [4.69, 9.17) is 4.42 Å². The Bertz CT molecular complexity index is 447. The molecule has 0 unspecified atom stereocenters. The Balaban J connectivity index is 1.88. The van der Waals surface area contributed by atoms with Crippen LogP contribution in [0.3, 0.4) is 0 Å². The van der Waals surface area contributed by atoms with Gasteiger partial charge in [0.05, 0.1) is 6.26 Å². The highest BCUT2D eigenvalue weighted by Gasteiger charge is 2.27. The zero-order chi connectivity index (χ0) is 15.8. The maximum Gasteiger partial charge on any atom is 0.191 e. The molecule has 1 aromatic rings. The number of piperidine rings is 1. The van der Waals surface area contributed by atoms with E-state index < -0.39 is 0 Å². The molecule has 2 N–H and O–H groups in total. The highest BCUT2D eigenvalue weighted by atomic mass is 16.3. The monoisotopic (exact) mass is 306 g/mol. The minimum Gasteiger partial charge on any atom is -0.467 e. The summed E-state index contributed by atoms with van der Waals surface area (Å²) in [4.78, 5) is 7.17. The van der Waals surface area contributed by atoms with Gasteiger partial charge in [0.2, 0.25) is 0 Å². The van der Waals surface area contributed by atoms with Gasteiger partial charge in [0.15, 0.2) is 5.96 Å². The number of nitrogens with one attached hydrogen (secondary N) is 2. The van der Waals surface area contributed by atoms with Gasteiger partial charge in [0, 0.05) is 18.6 Å². The Morgan fingerprint density at radius 3 is 2.68 bits per heavy atom. The number of hydrogen-bond acceptors (Lipinski definition) is 3. The number of furan rings is 1. The Morgan fingerprint density at radius 1 is 1.27 bits per heavy atom. The van der Waals surface area contributed by atoms with Crippen LogP contribution >= 0.6 is 0 Å². The third kappa shape index (κ3) is 5.05. The normalized spacial score (nSPS) is 17.5. The van der Waals surface area contributed by atoms with Gasteiger partial charge in [-0.25, -0.2) is 4.99 Å². The fraction of sp³-hybridized carbons (Fsp3) is 0.706. The molecule has 1 aromatic heterocycles. The molecule has 0 saturated carbocycles. The lowest BCUT2D eigenvalue weighted by Crippen LogP contribution is -2.54. The van der Waals surface area contributed by atoms with E-state index in [9.17, 15) is 0 Å². The van der Waals surface area contributed by atoms with Crippen molar-refractivity contribution < 1.29 is 4.42 Å². The van der Waals surface area contributed by atoms with Crippen molar-refractivity contribution in [2.75, 3.05) is 26.2 Å². The molecule has 0 atom stereocenters. The predicted molar refractivity (Wildman–Crippen MR) is 91.0 cm³/mol. The predicted octanol–water partition coefficient (Wildman–Crippen LogP) is 2.60. The molecule has 5 nitrogen and oxygen atoms in total. The van der Waals surface area contributed by atoms with Crippen LogP contribution in [-0.4, -0.2) is 42.6 Å². The molecule has 1 aliphatic rings. The molecule has 0 bridgehead atoms. The van der Waals surface area contributed by atoms with Crippen LogP contribution in [0.25, 0.3) is 0 Å². The van der Waals surface area contributed by atoms with Crippen molar-refractivity contribution >= 4 is 5.96 Å². The molecule has 124 valence electrons. The molecule has 2 heterocycles. The zero-order valence-corrected chi connectivity index (χ0v) is 14.2. The summed E-state index contributed by atoms with van der Waals surface area (Å²) in [6, 6.07) is 3.84. The number of guanidine groups is 1. The molecule has 0 radical (unpaired) electrons. The second-order valence-electron chi connectivity index (χ2n) is 6.49. The summed E-state index contributed by atoms with van der Waals surface area (Å²) in [5, 5.41) is 6.78. The average molecular weight is 306 g/mol. The summed E-state index contributed by atoms with van der Waals surface area (Å²) in [6.07, 6.45) is 5.68. The van der Waals surface area contributed by atoms with Crippen molar-refractivity contribution in [2.45, 2.75) is 52.1 Å². The van der Waals surface area contributed by atoms with E-state index >= 15 is 0 Å². The summed E-state index contributed by atoms with van der Waals surface area (Å²) in [5.41, 5.74) is 0.140. The van der Waals surface area contributed by atoms with Gasteiger partial charge in [-0.1, -0.05) is 6.42 Å². The molecule has 0 aliphatic carbocycles. The Labute approximate surface area is 134 Å². The second kappa shape index (κ2) is 8.22. The molecule has 1 saturated heterocycles.